The van der Waals surface area contributed by atoms with Crippen LogP contribution in [-0.4, -0.2) is 24.8 Å². The lowest BCUT2D eigenvalue weighted by Crippen LogP contribution is -2.50. The first-order valence-electron chi connectivity index (χ1n) is 6.54. The van der Waals surface area contributed by atoms with Crippen molar-refractivity contribution in [2.45, 2.75) is 32.6 Å². The summed E-state index contributed by atoms with van der Waals surface area (Å²) < 4.78 is 0. The van der Waals surface area contributed by atoms with Gasteiger partial charge in [-0.15, -0.1) is 0 Å². The average molecular weight is 274 g/mol. The number of hydrogen-bond acceptors (Lipinski definition) is 3. The molecule has 1 N–H and O–H groups in total. The summed E-state index contributed by atoms with van der Waals surface area (Å²) in [6.45, 7) is 6.39. The zero-order chi connectivity index (χ0) is 14.9. The van der Waals surface area contributed by atoms with E-state index in [1.165, 1.54) is 0 Å². The maximum absolute atomic E-state index is 11.9. The van der Waals surface area contributed by atoms with Crippen molar-refractivity contribution in [3.63, 3.8) is 0 Å². The van der Waals surface area contributed by atoms with E-state index in [1.807, 2.05) is 20.8 Å². The number of urea groups is 1. The van der Waals surface area contributed by atoms with Crippen LogP contribution in [0.4, 0.5) is 10.5 Å². The molecule has 0 aliphatic carbocycles. The van der Waals surface area contributed by atoms with E-state index < -0.39 is 6.03 Å². The number of benzene rings is 1. The van der Waals surface area contributed by atoms with Crippen LogP contribution >= 0.6 is 0 Å². The number of nitrogens with one attached hydrogen (secondary N) is 1. The van der Waals surface area contributed by atoms with E-state index in [2.05, 4.69) is 5.32 Å². The molecule has 1 aromatic carbocycles. The molecule has 1 heterocycles. The second-order valence-electron chi connectivity index (χ2n) is 5.89. The lowest BCUT2D eigenvalue weighted by molar-refractivity contribution is -0.118. The average Bonchev–Trinajstić information content (AvgIpc) is 2.37. The van der Waals surface area contributed by atoms with E-state index in [0.29, 0.717) is 17.8 Å². The lowest BCUT2D eigenvalue weighted by atomic mass is 9.85. The summed E-state index contributed by atoms with van der Waals surface area (Å²) in [6, 6.07) is 4.69. The van der Waals surface area contributed by atoms with Crippen molar-refractivity contribution in [2.24, 2.45) is 0 Å². The van der Waals surface area contributed by atoms with Crippen molar-refractivity contribution in [1.82, 2.24) is 5.32 Å². The summed E-state index contributed by atoms with van der Waals surface area (Å²) in [6.07, 6.45) is 0.993. The van der Waals surface area contributed by atoms with Gasteiger partial charge in [-0.1, -0.05) is 20.8 Å². The molecule has 0 spiro atoms. The Labute approximate surface area is 118 Å². The molecule has 1 fully saturated rings. The number of carbonyl (C=O) groups excluding carboxylic acids is 3. The minimum Gasteiger partial charge on any atom is -0.337 e. The molecule has 5 heteroatoms. The zero-order valence-corrected chi connectivity index (χ0v) is 11.9. The van der Waals surface area contributed by atoms with Gasteiger partial charge in [0.05, 0.1) is 5.69 Å². The maximum atomic E-state index is 11.9. The lowest BCUT2D eigenvalue weighted by Gasteiger charge is -2.28. The normalized spacial score (nSPS) is 16.1. The highest BCUT2D eigenvalue weighted by molar-refractivity contribution is 6.16. The van der Waals surface area contributed by atoms with E-state index in [0.717, 1.165) is 16.7 Å². The molecule has 0 bridgehead atoms. The molecule has 0 atom stereocenters. The summed E-state index contributed by atoms with van der Waals surface area (Å²) in [5.41, 5.74) is 1.63. The summed E-state index contributed by atoms with van der Waals surface area (Å²) >= 11 is 0. The van der Waals surface area contributed by atoms with Crippen molar-refractivity contribution in [3.8, 4) is 0 Å². The van der Waals surface area contributed by atoms with Gasteiger partial charge in [0.15, 0.2) is 0 Å². The van der Waals surface area contributed by atoms with Crippen LogP contribution in [0.3, 0.4) is 0 Å². The van der Waals surface area contributed by atoms with Gasteiger partial charge in [-0.25, -0.2) is 9.69 Å². The highest BCUT2D eigenvalue weighted by Crippen LogP contribution is 2.28. The third-order valence-electron chi connectivity index (χ3n) is 3.27. The van der Waals surface area contributed by atoms with Crippen molar-refractivity contribution < 1.29 is 14.4 Å². The minimum absolute atomic E-state index is 0.177. The van der Waals surface area contributed by atoms with Gasteiger partial charge in [0.25, 0.3) is 0 Å². The fourth-order valence-electron chi connectivity index (χ4n) is 2.11. The molecule has 0 saturated carbocycles. The highest BCUT2D eigenvalue weighted by atomic mass is 16.2. The first-order valence-corrected chi connectivity index (χ1v) is 6.54. The van der Waals surface area contributed by atoms with Gasteiger partial charge < -0.3 is 5.32 Å². The quantitative estimate of drug-likeness (QED) is 0.841. The van der Waals surface area contributed by atoms with E-state index in [4.69, 9.17) is 0 Å². The Kier molecular flexibility index (Phi) is 3.61. The van der Waals surface area contributed by atoms with Crippen LogP contribution in [0.5, 0.6) is 0 Å². The Morgan fingerprint density at radius 2 is 1.90 bits per heavy atom. The van der Waals surface area contributed by atoms with E-state index >= 15 is 0 Å². The Morgan fingerprint density at radius 3 is 2.45 bits per heavy atom. The SMILES string of the molecule is CC(C)(C)c1cc(C=O)cc(N2C(=O)CCNC2=O)c1. The summed E-state index contributed by atoms with van der Waals surface area (Å²) in [5, 5.41) is 2.63. The van der Waals surface area contributed by atoms with Gasteiger partial charge in [0.1, 0.15) is 6.29 Å². The van der Waals surface area contributed by atoms with Crippen molar-refractivity contribution in [1.29, 1.82) is 0 Å². The first-order chi connectivity index (χ1) is 9.32. The van der Waals surface area contributed by atoms with Crippen LogP contribution in [0.1, 0.15) is 43.1 Å². The number of amides is 3. The molecule has 5 nitrogen and oxygen atoms in total. The largest absolute Gasteiger partial charge is 0.337 e. The van der Waals surface area contributed by atoms with Crippen LogP contribution in [0.25, 0.3) is 0 Å². The summed E-state index contributed by atoms with van der Waals surface area (Å²) in [5.74, 6) is -0.253. The Balaban J connectivity index is 2.53. The highest BCUT2D eigenvalue weighted by Gasteiger charge is 2.28. The number of imide groups is 1. The topological polar surface area (TPSA) is 66.5 Å². The second-order valence-corrected chi connectivity index (χ2v) is 5.89. The molecule has 1 aliphatic heterocycles. The van der Waals surface area contributed by atoms with Gasteiger partial charge in [0, 0.05) is 18.5 Å². The van der Waals surface area contributed by atoms with E-state index in [1.54, 1.807) is 18.2 Å². The number of rotatable bonds is 2. The molecule has 3 amide bonds. The van der Waals surface area contributed by atoms with Crippen LogP contribution in [-0.2, 0) is 10.2 Å². The predicted molar refractivity (Wildman–Crippen MR) is 76.0 cm³/mol. The van der Waals surface area contributed by atoms with Crippen LogP contribution in [0.2, 0.25) is 0 Å². The molecule has 0 aromatic heterocycles. The minimum atomic E-state index is -0.441. The van der Waals surface area contributed by atoms with Crippen molar-refractivity contribution >= 4 is 23.9 Å². The van der Waals surface area contributed by atoms with Crippen LogP contribution in [0.15, 0.2) is 18.2 Å². The molecule has 2 rings (SSSR count). The molecular formula is C15H18N2O3. The van der Waals surface area contributed by atoms with Gasteiger partial charge in [-0.2, -0.15) is 0 Å². The second kappa shape index (κ2) is 5.07. The van der Waals surface area contributed by atoms with Gasteiger partial charge in [-0.3, -0.25) is 9.59 Å². The summed E-state index contributed by atoms with van der Waals surface area (Å²) in [4.78, 5) is 36.0. The third-order valence-corrected chi connectivity index (χ3v) is 3.27. The molecule has 1 saturated heterocycles. The van der Waals surface area contributed by atoms with Crippen molar-refractivity contribution in [2.75, 3.05) is 11.4 Å². The van der Waals surface area contributed by atoms with Crippen molar-refractivity contribution in [3.05, 3.63) is 29.3 Å². The number of hydrogen-bond donors (Lipinski definition) is 1. The van der Waals surface area contributed by atoms with Crippen LogP contribution < -0.4 is 10.2 Å². The first kappa shape index (κ1) is 14.2. The van der Waals surface area contributed by atoms with E-state index in [-0.39, 0.29) is 17.7 Å². The predicted octanol–water partition coefficient (Wildman–Crippen LogP) is 2.24. The summed E-state index contributed by atoms with van der Waals surface area (Å²) in [7, 11) is 0. The molecule has 1 aromatic rings. The Bertz CT molecular complexity index is 557. The van der Waals surface area contributed by atoms with Crippen LogP contribution in [0, 0.1) is 0 Å². The fraction of sp³-hybridized carbons (Fsp3) is 0.400. The molecular weight excluding hydrogens is 256 g/mol. The number of carbonyl (C=O) groups is 3. The molecule has 0 unspecified atom stereocenters. The Morgan fingerprint density at radius 1 is 1.20 bits per heavy atom. The number of aldehydes is 1. The molecule has 106 valence electrons. The Hall–Kier alpha value is -2.17. The zero-order valence-electron chi connectivity index (χ0n) is 11.9. The fourth-order valence-corrected chi connectivity index (χ4v) is 2.11. The molecule has 20 heavy (non-hydrogen) atoms. The third kappa shape index (κ3) is 2.71. The maximum Gasteiger partial charge on any atom is 0.328 e. The number of anilines is 1. The van der Waals surface area contributed by atoms with Gasteiger partial charge in [-0.05, 0) is 29.2 Å². The van der Waals surface area contributed by atoms with Gasteiger partial charge in [0.2, 0.25) is 5.91 Å². The molecule has 1 aliphatic rings. The van der Waals surface area contributed by atoms with E-state index in [9.17, 15) is 14.4 Å². The standard InChI is InChI=1S/C15H18N2O3/c1-15(2,3)11-6-10(9-18)7-12(8-11)17-13(19)4-5-16-14(17)20/h6-9H,4-5H2,1-3H3,(H,16,20). The number of nitrogens with zero attached hydrogens (tertiary/aromatic N) is 1. The smallest absolute Gasteiger partial charge is 0.328 e. The molecule has 0 radical (unpaired) electrons. The van der Waals surface area contributed by atoms with Gasteiger partial charge >= 0.3 is 6.03 Å². The monoisotopic (exact) mass is 274 g/mol.